The Bertz CT molecular complexity index is 1300. The number of carbonyl (C=O) groups excluding carboxylic acids is 1. The molecule has 1 aromatic heterocycles. The summed E-state index contributed by atoms with van der Waals surface area (Å²) in [6.07, 6.45) is -0.935. The molecule has 0 bridgehead atoms. The Morgan fingerprint density at radius 2 is 1.90 bits per heavy atom. The number of ether oxygens (including phenoxy) is 1. The SMILES string of the molecule is CCN(CC1(O)CCC(S(C)(=O)=O)CC1)C(=O)c1cn(-c2ccc(CC(C)(C)C(F)(F)F)c(OC)c2)c(Cl)n1. The Balaban J connectivity index is 1.80. The lowest BCUT2D eigenvalue weighted by Crippen LogP contribution is -2.49. The number of methoxy groups -OCH3 is 1. The lowest BCUT2D eigenvalue weighted by molar-refractivity contribution is -0.211. The molecule has 0 spiro atoms. The molecule has 13 heteroatoms. The van der Waals surface area contributed by atoms with Gasteiger partial charge in [-0.1, -0.05) is 19.9 Å². The smallest absolute Gasteiger partial charge is 0.394 e. The van der Waals surface area contributed by atoms with Crippen LogP contribution >= 0.6 is 11.6 Å². The number of hydrogen-bond donors (Lipinski definition) is 1. The molecule has 1 N–H and O–H groups in total. The average Bonchev–Trinajstić information content (AvgIpc) is 3.22. The van der Waals surface area contributed by atoms with Gasteiger partial charge in [0.2, 0.25) is 5.28 Å². The van der Waals surface area contributed by atoms with Crippen LogP contribution in [-0.4, -0.2) is 77.4 Å². The molecule has 1 aliphatic rings. The molecule has 1 amide bonds. The maximum atomic E-state index is 13.4. The number of benzene rings is 1. The van der Waals surface area contributed by atoms with Crippen LogP contribution in [0, 0.1) is 5.41 Å². The third kappa shape index (κ3) is 7.07. The van der Waals surface area contributed by atoms with Crippen LogP contribution in [0.25, 0.3) is 5.69 Å². The number of aliphatic hydroxyl groups is 1. The van der Waals surface area contributed by atoms with Crippen molar-refractivity contribution >= 4 is 27.3 Å². The summed E-state index contributed by atoms with van der Waals surface area (Å²) < 4.78 is 70.7. The Labute approximate surface area is 232 Å². The fourth-order valence-electron chi connectivity index (χ4n) is 4.81. The highest BCUT2D eigenvalue weighted by atomic mass is 35.5. The minimum absolute atomic E-state index is 0.0147. The van der Waals surface area contributed by atoms with Crippen LogP contribution in [0.1, 0.15) is 62.5 Å². The Morgan fingerprint density at radius 1 is 1.28 bits per heavy atom. The summed E-state index contributed by atoms with van der Waals surface area (Å²) in [7, 11) is -1.84. The van der Waals surface area contributed by atoms with Crippen molar-refractivity contribution in [2.45, 2.75) is 69.9 Å². The predicted molar refractivity (Wildman–Crippen MR) is 142 cm³/mol. The van der Waals surface area contributed by atoms with Crippen molar-refractivity contribution in [2.75, 3.05) is 26.5 Å². The number of likely N-dealkylation sites (N-methyl/N-ethyl adjacent to an activating group) is 1. The van der Waals surface area contributed by atoms with Crippen molar-refractivity contribution in [3.05, 3.63) is 40.9 Å². The number of nitrogens with zero attached hydrogens (tertiary/aromatic N) is 3. The van der Waals surface area contributed by atoms with E-state index < -0.39 is 38.2 Å². The summed E-state index contributed by atoms with van der Waals surface area (Å²) in [5.41, 5.74) is -2.35. The molecule has 3 rings (SSSR count). The van der Waals surface area contributed by atoms with E-state index in [0.717, 1.165) is 13.8 Å². The van der Waals surface area contributed by atoms with Gasteiger partial charge in [0, 0.05) is 31.6 Å². The van der Waals surface area contributed by atoms with Crippen LogP contribution in [0.3, 0.4) is 0 Å². The number of aromatic nitrogens is 2. The quantitative estimate of drug-likeness (QED) is 0.446. The molecule has 2 aromatic rings. The zero-order chi connectivity index (χ0) is 29.4. The van der Waals surface area contributed by atoms with Crippen LogP contribution < -0.4 is 4.74 Å². The first-order chi connectivity index (χ1) is 17.9. The zero-order valence-electron chi connectivity index (χ0n) is 22.7. The van der Waals surface area contributed by atoms with E-state index >= 15 is 0 Å². The molecule has 0 saturated heterocycles. The summed E-state index contributed by atoms with van der Waals surface area (Å²) in [5.74, 6) is -0.225. The molecule has 8 nitrogen and oxygen atoms in total. The number of imidazole rings is 1. The second-order valence-corrected chi connectivity index (χ2v) is 13.6. The van der Waals surface area contributed by atoms with Gasteiger partial charge < -0.3 is 14.7 Å². The van der Waals surface area contributed by atoms with Crippen LogP contribution in [0.15, 0.2) is 24.4 Å². The molecule has 0 aliphatic heterocycles. The van der Waals surface area contributed by atoms with Crippen molar-refractivity contribution in [2.24, 2.45) is 5.41 Å². The third-order valence-electron chi connectivity index (χ3n) is 7.45. The number of carbonyl (C=O) groups is 1. The van der Waals surface area contributed by atoms with E-state index in [9.17, 15) is 31.5 Å². The van der Waals surface area contributed by atoms with Crippen molar-refractivity contribution in [1.29, 1.82) is 0 Å². The Hall–Kier alpha value is -2.31. The topological polar surface area (TPSA) is 102 Å². The molecule has 1 aliphatic carbocycles. The van der Waals surface area contributed by atoms with Crippen LogP contribution in [0.5, 0.6) is 5.75 Å². The summed E-state index contributed by atoms with van der Waals surface area (Å²) in [5, 5.41) is 10.5. The minimum Gasteiger partial charge on any atom is -0.496 e. The molecule has 218 valence electrons. The number of amides is 1. The maximum absolute atomic E-state index is 13.4. The largest absolute Gasteiger partial charge is 0.496 e. The fraction of sp³-hybridized carbons (Fsp3) is 0.615. The second-order valence-electron chi connectivity index (χ2n) is 10.9. The van der Waals surface area contributed by atoms with Gasteiger partial charge in [-0.15, -0.1) is 0 Å². The van der Waals surface area contributed by atoms with Crippen molar-refractivity contribution < 1.29 is 36.2 Å². The molecule has 0 atom stereocenters. The highest BCUT2D eigenvalue weighted by Gasteiger charge is 2.47. The molecule has 39 heavy (non-hydrogen) atoms. The number of rotatable bonds is 9. The second kappa shape index (κ2) is 11.3. The zero-order valence-corrected chi connectivity index (χ0v) is 24.3. The van der Waals surface area contributed by atoms with Gasteiger partial charge in [-0.25, -0.2) is 13.4 Å². The lowest BCUT2D eigenvalue weighted by Gasteiger charge is -2.38. The van der Waals surface area contributed by atoms with Crippen LogP contribution in [-0.2, 0) is 16.3 Å². The molecule has 1 heterocycles. The van der Waals surface area contributed by atoms with E-state index in [1.807, 2.05) is 0 Å². The van der Waals surface area contributed by atoms with Gasteiger partial charge in [-0.2, -0.15) is 13.2 Å². The summed E-state index contributed by atoms with van der Waals surface area (Å²) >= 11 is 6.34. The highest BCUT2D eigenvalue weighted by molar-refractivity contribution is 7.91. The average molecular weight is 594 g/mol. The van der Waals surface area contributed by atoms with E-state index in [0.29, 0.717) is 24.1 Å². The van der Waals surface area contributed by atoms with Gasteiger partial charge in [-0.3, -0.25) is 9.36 Å². The van der Waals surface area contributed by atoms with E-state index in [-0.39, 0.29) is 49.1 Å². The number of alkyl halides is 3. The summed E-state index contributed by atoms with van der Waals surface area (Å²) in [6, 6.07) is 4.64. The number of hydrogen-bond acceptors (Lipinski definition) is 6. The molecule has 1 fully saturated rings. The Morgan fingerprint density at radius 3 is 2.41 bits per heavy atom. The van der Waals surface area contributed by atoms with Gasteiger partial charge in [0.05, 0.1) is 29.1 Å². The lowest BCUT2D eigenvalue weighted by atomic mass is 9.84. The molecule has 0 unspecified atom stereocenters. The Kier molecular flexibility index (Phi) is 9.03. The monoisotopic (exact) mass is 593 g/mol. The summed E-state index contributed by atoms with van der Waals surface area (Å²) in [6.45, 7) is 4.30. The first-order valence-corrected chi connectivity index (χ1v) is 14.9. The van der Waals surface area contributed by atoms with Gasteiger partial charge in [0.25, 0.3) is 5.91 Å². The van der Waals surface area contributed by atoms with Crippen molar-refractivity contribution in [1.82, 2.24) is 14.5 Å². The molecular weight excluding hydrogens is 559 g/mol. The summed E-state index contributed by atoms with van der Waals surface area (Å²) in [4.78, 5) is 18.9. The first-order valence-electron chi connectivity index (χ1n) is 12.6. The number of halogens is 4. The molecule has 0 radical (unpaired) electrons. The standard InChI is InChI=1S/C26H35ClF3N3O5S/c1-6-32(16-25(35)11-9-19(10-12-25)39(5,36)37)22(34)20-15-33(23(27)31-20)18-8-7-17(21(13-18)38-4)14-24(2,3)26(28,29)30/h7-8,13,15,19,35H,6,9-12,14,16H2,1-5H3. The molecular formula is C26H35ClF3N3O5S. The van der Waals surface area contributed by atoms with Crippen LogP contribution in [0.2, 0.25) is 5.28 Å². The first kappa shape index (κ1) is 31.2. The van der Waals surface area contributed by atoms with Gasteiger partial charge in [-0.05, 0) is 62.3 Å². The minimum atomic E-state index is -4.40. The molecule has 1 aromatic carbocycles. The van der Waals surface area contributed by atoms with E-state index in [4.69, 9.17) is 16.3 Å². The van der Waals surface area contributed by atoms with Crippen molar-refractivity contribution in [3.8, 4) is 11.4 Å². The predicted octanol–water partition coefficient (Wildman–Crippen LogP) is 4.85. The van der Waals surface area contributed by atoms with Gasteiger partial charge in [0.1, 0.15) is 21.3 Å². The van der Waals surface area contributed by atoms with Gasteiger partial charge >= 0.3 is 6.18 Å². The van der Waals surface area contributed by atoms with Gasteiger partial charge in [0.15, 0.2) is 0 Å². The third-order valence-corrected chi connectivity index (χ3v) is 9.40. The molecule has 1 saturated carbocycles. The van der Waals surface area contributed by atoms with E-state index in [1.54, 1.807) is 13.0 Å². The van der Waals surface area contributed by atoms with Crippen molar-refractivity contribution in [3.63, 3.8) is 0 Å². The fourth-order valence-corrected chi connectivity index (χ4v) is 6.14. The van der Waals surface area contributed by atoms with E-state index in [2.05, 4.69) is 4.98 Å². The van der Waals surface area contributed by atoms with Crippen LogP contribution in [0.4, 0.5) is 13.2 Å². The maximum Gasteiger partial charge on any atom is 0.394 e. The normalized spacial score (nSPS) is 20.6. The highest BCUT2D eigenvalue weighted by Crippen LogP contribution is 2.42. The van der Waals surface area contributed by atoms with E-state index in [1.165, 1.54) is 41.2 Å². The number of sulfone groups is 1.